The van der Waals surface area contributed by atoms with Gasteiger partial charge in [0.25, 0.3) is 17.6 Å². The first-order valence-electron chi connectivity index (χ1n) is 22.0. The number of ether oxygens (including phenoxy) is 6. The summed E-state index contributed by atoms with van der Waals surface area (Å²) in [5, 5.41) is 63.0. The highest BCUT2D eigenvalue weighted by atomic mass is 35.5. The Bertz CT molecular complexity index is 1740. The van der Waals surface area contributed by atoms with Crippen LogP contribution in [0.3, 0.4) is 0 Å². The number of benzene rings is 1. The van der Waals surface area contributed by atoms with Gasteiger partial charge in [-0.1, -0.05) is 36.6 Å². The minimum absolute atomic E-state index is 0.0100. The second kappa shape index (κ2) is 31.4. The number of aliphatic hydroxyl groups is 4. The second-order valence-corrected chi connectivity index (χ2v) is 15.8. The van der Waals surface area contributed by atoms with Crippen molar-refractivity contribution < 1.29 is 87.5 Å². The Kier molecular flexibility index (Phi) is 26.6. The SMILES string of the molecule is O=C(CCCCCCO[C@]1(C(=O)O)C[C@H](O)[C@@H](NC(=O)CO)[C@H]([C@H](O)[C@H](O)CNC(=O)Cc2ccc(Cl)cc2)O1)NCCOCCOCCOCCOCCNC(=O)CCN1C(=O)C=CC1=O. The number of carboxylic acids is 1. The van der Waals surface area contributed by atoms with Crippen LogP contribution in [-0.4, -0.2) is 200 Å². The molecule has 0 spiro atoms. The molecule has 0 aromatic heterocycles. The molecule has 6 amide bonds. The maximum absolute atomic E-state index is 12.5. The molecule has 2 aliphatic heterocycles. The molecule has 0 aliphatic carbocycles. The van der Waals surface area contributed by atoms with Crippen molar-refractivity contribution in [2.75, 3.05) is 92.2 Å². The van der Waals surface area contributed by atoms with Crippen molar-refractivity contribution in [1.29, 1.82) is 0 Å². The lowest BCUT2D eigenvalue weighted by molar-refractivity contribution is -0.310. The lowest BCUT2D eigenvalue weighted by atomic mass is 9.88. The van der Waals surface area contributed by atoms with Crippen LogP contribution in [0.1, 0.15) is 50.5 Å². The van der Waals surface area contributed by atoms with E-state index in [1.165, 1.54) is 12.2 Å². The quantitative estimate of drug-likeness (QED) is 0.0255. The average Bonchev–Trinajstić information content (AvgIpc) is 3.63. The molecular weight excluding hydrogens is 910 g/mol. The van der Waals surface area contributed by atoms with E-state index in [1.807, 2.05) is 0 Å². The number of amides is 6. The third-order valence-corrected chi connectivity index (χ3v) is 10.5. The first-order chi connectivity index (χ1) is 32.1. The Hall–Kier alpha value is -4.66. The number of carbonyl (C=O) groups is 7. The van der Waals surface area contributed by atoms with E-state index in [2.05, 4.69) is 21.3 Å². The van der Waals surface area contributed by atoms with Crippen LogP contribution in [0.15, 0.2) is 36.4 Å². The van der Waals surface area contributed by atoms with E-state index in [0.29, 0.717) is 82.5 Å². The average molecular weight is 974 g/mol. The number of nitrogens with one attached hydrogen (secondary N) is 4. The van der Waals surface area contributed by atoms with Crippen LogP contribution >= 0.6 is 11.6 Å². The van der Waals surface area contributed by atoms with E-state index in [1.54, 1.807) is 24.3 Å². The minimum Gasteiger partial charge on any atom is -0.477 e. The van der Waals surface area contributed by atoms with Gasteiger partial charge in [-0.3, -0.25) is 33.7 Å². The molecule has 67 heavy (non-hydrogen) atoms. The maximum Gasteiger partial charge on any atom is 0.364 e. The normalized spacial score (nSPS) is 20.1. The molecule has 376 valence electrons. The standard InChI is InChI=1S/C43H64ClN5O18/c44-30-8-6-29(7-9-30)25-35(55)47-27-32(52)40(59)41-39(48-36(56)28-50)31(51)26-43(67-41,42(60)61)66-16-4-2-1-3-5-33(53)45-13-17-62-19-21-64-23-24-65-22-20-63-18-14-46-34(54)12-15-49-37(57)10-11-38(49)58/h6-11,31-32,39-41,50-52,59H,1-5,12-28H2,(H,45,53)(H,46,54)(H,47,55)(H,48,56)(H,60,61)/t31-,32+,39+,40+,41+,43+/m0/s1. The number of carboxylic acid groups (broad SMARTS) is 1. The number of aliphatic hydroxyl groups excluding tert-OH is 4. The summed E-state index contributed by atoms with van der Waals surface area (Å²) >= 11 is 5.88. The van der Waals surface area contributed by atoms with Crippen LogP contribution in [0.2, 0.25) is 5.02 Å². The summed E-state index contributed by atoms with van der Waals surface area (Å²) in [6.07, 6.45) is -3.28. The fourth-order valence-electron chi connectivity index (χ4n) is 6.66. The number of rotatable bonds is 35. The summed E-state index contributed by atoms with van der Waals surface area (Å²) in [6, 6.07) is 5.00. The number of hydrogen-bond acceptors (Lipinski definition) is 17. The molecule has 0 radical (unpaired) electrons. The van der Waals surface area contributed by atoms with Crippen LogP contribution in [0.5, 0.6) is 0 Å². The highest BCUT2D eigenvalue weighted by molar-refractivity contribution is 6.30. The molecule has 0 unspecified atom stereocenters. The Balaban J connectivity index is 1.20. The predicted octanol–water partition coefficient (Wildman–Crippen LogP) is -2.29. The van der Waals surface area contributed by atoms with Gasteiger partial charge in [-0.2, -0.15) is 0 Å². The van der Waals surface area contributed by atoms with Crippen LogP contribution in [-0.2, 0) is 68.4 Å². The lowest BCUT2D eigenvalue weighted by Gasteiger charge is -2.46. The number of halogens is 1. The van der Waals surface area contributed by atoms with Crippen molar-refractivity contribution in [3.8, 4) is 0 Å². The van der Waals surface area contributed by atoms with E-state index in [-0.39, 0.29) is 64.0 Å². The Labute approximate surface area is 392 Å². The molecular formula is C43H64ClN5O18. The van der Waals surface area contributed by atoms with Gasteiger partial charge in [-0.15, -0.1) is 0 Å². The van der Waals surface area contributed by atoms with Crippen molar-refractivity contribution in [3.05, 3.63) is 47.0 Å². The predicted molar refractivity (Wildman–Crippen MR) is 234 cm³/mol. The van der Waals surface area contributed by atoms with Gasteiger partial charge in [-0.05, 0) is 30.5 Å². The molecule has 9 N–H and O–H groups in total. The van der Waals surface area contributed by atoms with Gasteiger partial charge in [0.15, 0.2) is 0 Å². The molecule has 2 heterocycles. The number of imide groups is 1. The highest BCUT2D eigenvalue weighted by Crippen LogP contribution is 2.34. The van der Waals surface area contributed by atoms with E-state index < -0.39 is 85.4 Å². The van der Waals surface area contributed by atoms with Crippen molar-refractivity contribution >= 4 is 53.0 Å². The summed E-state index contributed by atoms with van der Waals surface area (Å²) in [4.78, 5) is 85.2. The zero-order chi connectivity index (χ0) is 49.0. The van der Waals surface area contributed by atoms with Crippen molar-refractivity contribution in [3.63, 3.8) is 0 Å². The molecule has 2 aliphatic rings. The van der Waals surface area contributed by atoms with Gasteiger partial charge in [0.05, 0.1) is 84.1 Å². The molecule has 1 aromatic rings. The van der Waals surface area contributed by atoms with E-state index in [9.17, 15) is 59.1 Å². The first-order valence-corrected chi connectivity index (χ1v) is 22.4. The Morgan fingerprint density at radius 1 is 0.746 bits per heavy atom. The van der Waals surface area contributed by atoms with Crippen LogP contribution in [0.25, 0.3) is 0 Å². The Morgan fingerprint density at radius 3 is 1.87 bits per heavy atom. The number of carbonyl (C=O) groups excluding carboxylic acids is 6. The van der Waals surface area contributed by atoms with Crippen LogP contribution in [0.4, 0.5) is 0 Å². The Morgan fingerprint density at radius 2 is 1.30 bits per heavy atom. The minimum atomic E-state index is -2.49. The summed E-state index contributed by atoms with van der Waals surface area (Å²) in [6.45, 7) is 1.50. The third-order valence-electron chi connectivity index (χ3n) is 10.2. The molecule has 0 bridgehead atoms. The van der Waals surface area contributed by atoms with Gasteiger partial charge in [0.1, 0.15) is 18.8 Å². The van der Waals surface area contributed by atoms with Gasteiger partial charge >= 0.3 is 5.97 Å². The van der Waals surface area contributed by atoms with E-state index in [4.69, 9.17) is 40.0 Å². The van der Waals surface area contributed by atoms with Gasteiger partial charge in [0, 0.05) is 62.6 Å². The van der Waals surface area contributed by atoms with E-state index >= 15 is 0 Å². The van der Waals surface area contributed by atoms with Gasteiger partial charge in [-0.25, -0.2) is 4.79 Å². The van der Waals surface area contributed by atoms with Crippen LogP contribution < -0.4 is 21.3 Å². The lowest BCUT2D eigenvalue weighted by Crippen LogP contribution is -2.68. The molecule has 23 nitrogen and oxygen atoms in total. The van der Waals surface area contributed by atoms with E-state index in [0.717, 1.165) is 4.90 Å². The molecule has 3 rings (SSSR count). The zero-order valence-electron chi connectivity index (χ0n) is 37.3. The highest BCUT2D eigenvalue weighted by Gasteiger charge is 2.55. The van der Waals surface area contributed by atoms with Crippen molar-refractivity contribution in [2.45, 2.75) is 87.6 Å². The zero-order valence-corrected chi connectivity index (χ0v) is 38.0. The molecule has 1 saturated heterocycles. The first kappa shape index (κ1) is 56.7. The fraction of sp³-hybridized carbons (Fsp3) is 0.651. The number of unbranched alkanes of at least 4 members (excludes halogenated alkanes) is 3. The number of nitrogens with zero attached hydrogens (tertiary/aromatic N) is 1. The van der Waals surface area contributed by atoms with Crippen molar-refractivity contribution in [2.24, 2.45) is 0 Å². The molecule has 0 saturated carbocycles. The summed E-state index contributed by atoms with van der Waals surface area (Å²) in [5.74, 6) is -6.92. The maximum atomic E-state index is 12.5. The third kappa shape index (κ3) is 21.5. The smallest absolute Gasteiger partial charge is 0.364 e. The largest absolute Gasteiger partial charge is 0.477 e. The summed E-state index contributed by atoms with van der Waals surface area (Å²) in [5.41, 5.74) is 0.626. The van der Waals surface area contributed by atoms with Crippen molar-refractivity contribution in [1.82, 2.24) is 26.2 Å². The molecule has 24 heteroatoms. The second-order valence-electron chi connectivity index (χ2n) is 15.4. The number of hydrogen-bond donors (Lipinski definition) is 9. The monoisotopic (exact) mass is 973 g/mol. The van der Waals surface area contributed by atoms with Crippen LogP contribution in [0, 0.1) is 0 Å². The van der Waals surface area contributed by atoms with Gasteiger partial charge in [0.2, 0.25) is 23.6 Å². The molecule has 6 atom stereocenters. The van der Waals surface area contributed by atoms with Gasteiger partial charge < -0.3 is 75.2 Å². The molecule has 1 fully saturated rings. The fourth-order valence-corrected chi connectivity index (χ4v) is 6.79. The topological polar surface area (TPSA) is 327 Å². The molecule has 1 aromatic carbocycles. The summed E-state index contributed by atoms with van der Waals surface area (Å²) in [7, 11) is 0. The number of aliphatic carboxylic acids is 1. The summed E-state index contributed by atoms with van der Waals surface area (Å²) < 4.78 is 33.1.